The van der Waals surface area contributed by atoms with E-state index in [0.717, 1.165) is 5.56 Å². The summed E-state index contributed by atoms with van der Waals surface area (Å²) in [6, 6.07) is 4.78. The zero-order valence-corrected chi connectivity index (χ0v) is 7.53. The van der Waals surface area contributed by atoms with Crippen LogP contribution in [-0.2, 0) is 0 Å². The van der Waals surface area contributed by atoms with E-state index in [1.54, 1.807) is 18.2 Å². The minimum atomic E-state index is -0.239. The first-order valence-corrected chi connectivity index (χ1v) is 4.01. The summed E-state index contributed by atoms with van der Waals surface area (Å²) in [7, 11) is 1.50. The molecule has 1 rings (SSSR count). The van der Waals surface area contributed by atoms with Crippen LogP contribution in [0.5, 0.6) is 11.5 Å². The van der Waals surface area contributed by atoms with Gasteiger partial charge in [-0.15, -0.1) is 0 Å². The van der Waals surface area contributed by atoms with Crippen molar-refractivity contribution in [2.24, 2.45) is 11.5 Å². The summed E-state index contributed by atoms with van der Waals surface area (Å²) < 4.78 is 4.89. The molecule has 0 saturated heterocycles. The Morgan fingerprint density at radius 3 is 2.69 bits per heavy atom. The minimum absolute atomic E-state index is 0.0869. The Labute approximate surface area is 77.1 Å². The molecule has 0 amide bonds. The molecule has 0 unspecified atom stereocenters. The van der Waals surface area contributed by atoms with E-state index in [4.69, 9.17) is 16.2 Å². The predicted molar refractivity (Wildman–Crippen MR) is 50.6 cm³/mol. The van der Waals surface area contributed by atoms with Crippen LogP contribution in [0.3, 0.4) is 0 Å². The Morgan fingerprint density at radius 1 is 1.54 bits per heavy atom. The lowest BCUT2D eigenvalue weighted by atomic mass is 10.1. The van der Waals surface area contributed by atoms with Crippen molar-refractivity contribution in [1.29, 1.82) is 0 Å². The van der Waals surface area contributed by atoms with E-state index in [1.807, 2.05) is 0 Å². The molecule has 0 aliphatic carbocycles. The molecule has 0 saturated carbocycles. The van der Waals surface area contributed by atoms with Crippen molar-refractivity contribution in [3.8, 4) is 11.5 Å². The third kappa shape index (κ3) is 2.11. The van der Waals surface area contributed by atoms with Crippen molar-refractivity contribution in [2.45, 2.75) is 6.04 Å². The molecule has 0 aromatic heterocycles. The van der Waals surface area contributed by atoms with Gasteiger partial charge in [0.1, 0.15) is 0 Å². The van der Waals surface area contributed by atoms with E-state index in [1.165, 1.54) is 7.11 Å². The van der Waals surface area contributed by atoms with Crippen LogP contribution >= 0.6 is 0 Å². The lowest BCUT2D eigenvalue weighted by Gasteiger charge is -2.10. The van der Waals surface area contributed by atoms with Gasteiger partial charge in [-0.3, -0.25) is 0 Å². The summed E-state index contributed by atoms with van der Waals surface area (Å²) >= 11 is 0. The minimum Gasteiger partial charge on any atom is -0.504 e. The topological polar surface area (TPSA) is 81.5 Å². The number of nitrogens with two attached hydrogens (primary N) is 2. The molecule has 4 nitrogen and oxygen atoms in total. The summed E-state index contributed by atoms with van der Waals surface area (Å²) in [6.07, 6.45) is 0. The van der Waals surface area contributed by atoms with E-state index in [-0.39, 0.29) is 11.8 Å². The predicted octanol–water partition coefficient (Wildman–Crippen LogP) is 0.359. The van der Waals surface area contributed by atoms with Crippen LogP contribution < -0.4 is 16.2 Å². The maximum Gasteiger partial charge on any atom is 0.160 e. The van der Waals surface area contributed by atoms with Gasteiger partial charge in [0.15, 0.2) is 11.5 Å². The zero-order chi connectivity index (χ0) is 9.84. The van der Waals surface area contributed by atoms with Crippen molar-refractivity contribution < 1.29 is 9.84 Å². The van der Waals surface area contributed by atoms with Crippen molar-refractivity contribution in [2.75, 3.05) is 13.7 Å². The average molecular weight is 182 g/mol. The maximum atomic E-state index is 9.41. The highest BCUT2D eigenvalue weighted by Crippen LogP contribution is 2.27. The summed E-state index contributed by atoms with van der Waals surface area (Å²) in [5.74, 6) is 0.525. The molecule has 0 heterocycles. The van der Waals surface area contributed by atoms with Gasteiger partial charge in [0.2, 0.25) is 0 Å². The monoisotopic (exact) mass is 182 g/mol. The first-order valence-electron chi connectivity index (χ1n) is 4.01. The summed E-state index contributed by atoms with van der Waals surface area (Å²) in [4.78, 5) is 0. The molecule has 1 aromatic carbocycles. The smallest absolute Gasteiger partial charge is 0.160 e. The highest BCUT2D eigenvalue weighted by molar-refractivity contribution is 5.42. The molecule has 0 aliphatic rings. The molecule has 1 aromatic rings. The Hall–Kier alpha value is -1.26. The van der Waals surface area contributed by atoms with E-state index in [0.29, 0.717) is 12.3 Å². The lowest BCUT2D eigenvalue weighted by molar-refractivity contribution is 0.373. The number of hydrogen-bond acceptors (Lipinski definition) is 4. The van der Waals surface area contributed by atoms with E-state index in [2.05, 4.69) is 0 Å². The van der Waals surface area contributed by atoms with Gasteiger partial charge in [0, 0.05) is 12.6 Å². The molecule has 1 atom stereocenters. The SMILES string of the molecule is COc1ccc([C@@H](N)CN)cc1O. The van der Waals surface area contributed by atoms with Crippen LogP contribution in [0, 0.1) is 0 Å². The second-order valence-electron chi connectivity index (χ2n) is 2.77. The Bertz CT molecular complexity index is 289. The number of rotatable bonds is 3. The molecule has 0 fully saturated rings. The highest BCUT2D eigenvalue weighted by Gasteiger charge is 2.07. The molecule has 0 bridgehead atoms. The largest absolute Gasteiger partial charge is 0.504 e. The Morgan fingerprint density at radius 2 is 2.23 bits per heavy atom. The second kappa shape index (κ2) is 4.11. The number of methoxy groups -OCH3 is 1. The number of phenolic OH excluding ortho intramolecular Hbond substituents is 1. The van der Waals surface area contributed by atoms with Crippen LogP contribution in [-0.4, -0.2) is 18.8 Å². The Balaban J connectivity index is 2.95. The summed E-state index contributed by atoms with van der Waals surface area (Å²) in [6.45, 7) is 0.353. The van der Waals surface area contributed by atoms with Crippen molar-refractivity contribution in [3.63, 3.8) is 0 Å². The normalized spacial score (nSPS) is 12.5. The van der Waals surface area contributed by atoms with Crippen LogP contribution in [0.1, 0.15) is 11.6 Å². The molecular formula is C9H14N2O2. The van der Waals surface area contributed by atoms with Crippen LogP contribution in [0.4, 0.5) is 0 Å². The molecule has 0 radical (unpaired) electrons. The number of benzene rings is 1. The summed E-state index contributed by atoms with van der Waals surface area (Å²) in [5, 5.41) is 9.41. The van der Waals surface area contributed by atoms with Crippen molar-refractivity contribution >= 4 is 0 Å². The fourth-order valence-electron chi connectivity index (χ4n) is 1.07. The first kappa shape index (κ1) is 9.83. The molecule has 0 spiro atoms. The molecule has 72 valence electrons. The third-order valence-corrected chi connectivity index (χ3v) is 1.88. The third-order valence-electron chi connectivity index (χ3n) is 1.88. The van der Waals surface area contributed by atoms with Gasteiger partial charge in [0.25, 0.3) is 0 Å². The van der Waals surface area contributed by atoms with E-state index < -0.39 is 0 Å². The standard InChI is InChI=1S/C9H14N2O2/c1-13-9-3-2-6(4-8(9)12)7(11)5-10/h2-4,7,12H,5,10-11H2,1H3/t7-/m0/s1. The molecule has 0 aliphatic heterocycles. The number of phenols is 1. The number of ether oxygens (including phenoxy) is 1. The van der Waals surface area contributed by atoms with Gasteiger partial charge in [-0.25, -0.2) is 0 Å². The van der Waals surface area contributed by atoms with Gasteiger partial charge in [-0.2, -0.15) is 0 Å². The van der Waals surface area contributed by atoms with Gasteiger partial charge >= 0.3 is 0 Å². The van der Waals surface area contributed by atoms with Crippen LogP contribution in [0.25, 0.3) is 0 Å². The Kier molecular flexibility index (Phi) is 3.11. The van der Waals surface area contributed by atoms with Gasteiger partial charge in [-0.05, 0) is 17.7 Å². The van der Waals surface area contributed by atoms with Crippen molar-refractivity contribution in [1.82, 2.24) is 0 Å². The molecule has 4 heteroatoms. The fraction of sp³-hybridized carbons (Fsp3) is 0.333. The molecular weight excluding hydrogens is 168 g/mol. The van der Waals surface area contributed by atoms with Crippen molar-refractivity contribution in [3.05, 3.63) is 23.8 Å². The number of hydrogen-bond donors (Lipinski definition) is 3. The lowest BCUT2D eigenvalue weighted by Crippen LogP contribution is -2.20. The quantitative estimate of drug-likeness (QED) is 0.630. The maximum absolute atomic E-state index is 9.41. The van der Waals surface area contributed by atoms with Crippen LogP contribution in [0.2, 0.25) is 0 Å². The van der Waals surface area contributed by atoms with E-state index >= 15 is 0 Å². The zero-order valence-electron chi connectivity index (χ0n) is 7.53. The van der Waals surface area contributed by atoms with E-state index in [9.17, 15) is 5.11 Å². The molecule has 5 N–H and O–H groups in total. The highest BCUT2D eigenvalue weighted by atomic mass is 16.5. The summed E-state index contributed by atoms with van der Waals surface area (Å²) in [5.41, 5.74) is 11.9. The molecule has 13 heavy (non-hydrogen) atoms. The average Bonchev–Trinajstić information content (AvgIpc) is 2.16. The van der Waals surface area contributed by atoms with Gasteiger partial charge in [0.05, 0.1) is 7.11 Å². The van der Waals surface area contributed by atoms with Gasteiger partial charge in [-0.1, -0.05) is 6.07 Å². The number of aromatic hydroxyl groups is 1. The van der Waals surface area contributed by atoms with Crippen LogP contribution in [0.15, 0.2) is 18.2 Å². The van der Waals surface area contributed by atoms with Gasteiger partial charge < -0.3 is 21.3 Å². The second-order valence-corrected chi connectivity index (χ2v) is 2.77. The fourth-order valence-corrected chi connectivity index (χ4v) is 1.07. The first-order chi connectivity index (χ1) is 6.19.